The third-order valence-electron chi connectivity index (χ3n) is 5.32. The zero-order valence-corrected chi connectivity index (χ0v) is 23.6. The van der Waals surface area contributed by atoms with Gasteiger partial charge >= 0.3 is 0 Å². The van der Waals surface area contributed by atoms with Crippen LogP contribution in [0.15, 0.2) is 72.9 Å². The smallest absolute Gasteiger partial charge is 0.263 e. The molecule has 1 amide bonds. The molecule has 0 aliphatic rings. The van der Waals surface area contributed by atoms with E-state index in [0.29, 0.717) is 22.9 Å². The van der Waals surface area contributed by atoms with Gasteiger partial charge in [0.05, 0.1) is 11.6 Å². The molecule has 0 aliphatic heterocycles. The van der Waals surface area contributed by atoms with Gasteiger partial charge in [0.25, 0.3) is 5.91 Å². The standard InChI is InChI=1S/C26H26ClN3O2.CH3.Y/c1-18(30-25(31)26(2,3)32-24-9-4-5-14-29-24)23(16-19-10-12-22(27)13-11-19)21-8-6-7-20(15-21)17-28;;/h4-15,18,23H,16H2,1-3H3,(H,30,31);1H3;/q;-1;. The Morgan fingerprint density at radius 3 is 2.47 bits per heavy atom. The van der Waals surface area contributed by atoms with E-state index in [1.165, 1.54) is 0 Å². The first-order valence-electron chi connectivity index (χ1n) is 10.4. The van der Waals surface area contributed by atoms with Crippen LogP contribution in [0, 0.1) is 18.8 Å². The molecule has 0 fully saturated rings. The van der Waals surface area contributed by atoms with Gasteiger partial charge in [-0.2, -0.15) is 5.26 Å². The molecule has 0 aliphatic carbocycles. The van der Waals surface area contributed by atoms with Crippen LogP contribution in [0.1, 0.15) is 43.4 Å². The number of carbonyl (C=O) groups is 1. The number of pyridine rings is 1. The minimum Gasteiger partial charge on any atom is -0.462 e. The van der Waals surface area contributed by atoms with Crippen molar-refractivity contribution in [3.8, 4) is 11.9 Å². The topological polar surface area (TPSA) is 75.0 Å². The van der Waals surface area contributed by atoms with Crippen LogP contribution in [-0.2, 0) is 43.9 Å². The summed E-state index contributed by atoms with van der Waals surface area (Å²) in [4.78, 5) is 17.2. The summed E-state index contributed by atoms with van der Waals surface area (Å²) in [7, 11) is 0. The molecule has 3 rings (SSSR count). The first kappa shape index (κ1) is 29.8. The van der Waals surface area contributed by atoms with Crippen molar-refractivity contribution in [3.63, 3.8) is 0 Å². The second kappa shape index (κ2) is 13.6. The number of hydrogen-bond acceptors (Lipinski definition) is 4. The monoisotopic (exact) mass is 551 g/mol. The first-order valence-corrected chi connectivity index (χ1v) is 10.8. The molecule has 7 heteroatoms. The van der Waals surface area contributed by atoms with Crippen molar-refractivity contribution in [1.29, 1.82) is 5.26 Å². The molecule has 1 aromatic heterocycles. The maximum absolute atomic E-state index is 13.1. The molecule has 34 heavy (non-hydrogen) atoms. The van der Waals surface area contributed by atoms with Crippen LogP contribution in [0.3, 0.4) is 0 Å². The van der Waals surface area contributed by atoms with Gasteiger partial charge in [0.2, 0.25) is 5.88 Å². The number of nitriles is 1. The summed E-state index contributed by atoms with van der Waals surface area (Å²) in [5, 5.41) is 13.1. The molecule has 0 saturated heterocycles. The average molecular weight is 552 g/mol. The van der Waals surface area contributed by atoms with E-state index in [2.05, 4.69) is 16.4 Å². The summed E-state index contributed by atoms with van der Waals surface area (Å²) in [5.41, 5.74) is 1.55. The molecule has 3 aromatic rings. The van der Waals surface area contributed by atoms with Crippen molar-refractivity contribution in [2.75, 3.05) is 0 Å². The molecular formula is C27H29ClN3O2Y-. The van der Waals surface area contributed by atoms with E-state index in [9.17, 15) is 10.1 Å². The minimum atomic E-state index is -1.11. The van der Waals surface area contributed by atoms with Crippen LogP contribution in [0.25, 0.3) is 0 Å². The SMILES string of the molecule is CC(NC(=O)C(C)(C)Oc1ccccn1)C(Cc1ccc(Cl)cc1)c1cccc(C#N)c1.[CH3-].[Y]. The number of benzene rings is 2. The van der Waals surface area contributed by atoms with Gasteiger partial charge in [0.15, 0.2) is 5.60 Å². The van der Waals surface area contributed by atoms with Gasteiger partial charge < -0.3 is 17.5 Å². The van der Waals surface area contributed by atoms with E-state index in [1.807, 2.05) is 55.5 Å². The van der Waals surface area contributed by atoms with Crippen molar-refractivity contribution >= 4 is 17.5 Å². The molecule has 2 unspecified atom stereocenters. The molecule has 5 nitrogen and oxygen atoms in total. The molecule has 2 atom stereocenters. The first-order chi connectivity index (χ1) is 15.3. The summed E-state index contributed by atoms with van der Waals surface area (Å²) >= 11 is 6.04. The van der Waals surface area contributed by atoms with Crippen LogP contribution in [-0.4, -0.2) is 22.5 Å². The number of nitrogens with zero attached hydrogens (tertiary/aromatic N) is 2. The number of amides is 1. The van der Waals surface area contributed by atoms with Crippen LogP contribution in [0.5, 0.6) is 5.88 Å². The number of carbonyl (C=O) groups excluding carboxylic acids is 1. The number of ether oxygens (including phenoxy) is 1. The normalized spacial score (nSPS) is 12.2. The van der Waals surface area contributed by atoms with Crippen LogP contribution < -0.4 is 10.1 Å². The molecule has 1 heterocycles. The zero-order valence-electron chi connectivity index (χ0n) is 20.0. The number of halogens is 1. The van der Waals surface area contributed by atoms with Crippen molar-refractivity contribution in [2.24, 2.45) is 0 Å². The van der Waals surface area contributed by atoms with Crippen molar-refractivity contribution in [3.05, 3.63) is 102 Å². The Morgan fingerprint density at radius 2 is 1.85 bits per heavy atom. The number of hydrogen-bond donors (Lipinski definition) is 1. The summed E-state index contributed by atoms with van der Waals surface area (Å²) in [5.74, 6) is 0.0898. The third kappa shape index (κ3) is 8.20. The van der Waals surface area contributed by atoms with E-state index in [0.717, 1.165) is 11.1 Å². The fourth-order valence-corrected chi connectivity index (χ4v) is 3.62. The van der Waals surface area contributed by atoms with Gasteiger partial charge in [-0.15, -0.1) is 0 Å². The van der Waals surface area contributed by atoms with Crippen LogP contribution in [0.2, 0.25) is 5.02 Å². The maximum Gasteiger partial charge on any atom is 0.263 e. The largest absolute Gasteiger partial charge is 0.462 e. The number of rotatable bonds is 8. The molecule has 0 bridgehead atoms. The predicted molar refractivity (Wildman–Crippen MR) is 132 cm³/mol. The Labute approximate surface area is 232 Å². The fourth-order valence-electron chi connectivity index (χ4n) is 3.49. The maximum atomic E-state index is 13.1. The molecule has 1 N–H and O–H groups in total. The van der Waals surface area contributed by atoms with E-state index < -0.39 is 5.60 Å². The van der Waals surface area contributed by atoms with E-state index >= 15 is 0 Å². The second-order valence-electron chi connectivity index (χ2n) is 8.22. The molecule has 1 radical (unpaired) electrons. The van der Waals surface area contributed by atoms with Gasteiger partial charge in [-0.3, -0.25) is 4.79 Å². The van der Waals surface area contributed by atoms with E-state index in [1.54, 1.807) is 38.2 Å². The number of nitrogens with one attached hydrogen (secondary N) is 1. The minimum absolute atomic E-state index is 0. The van der Waals surface area contributed by atoms with Gasteiger partial charge in [0.1, 0.15) is 0 Å². The fraction of sp³-hybridized carbons (Fsp3) is 0.259. The zero-order chi connectivity index (χ0) is 23.1. The number of aromatic nitrogens is 1. The quantitative estimate of drug-likeness (QED) is 0.362. The Bertz CT molecular complexity index is 1100. The summed E-state index contributed by atoms with van der Waals surface area (Å²) in [6.07, 6.45) is 2.30. The van der Waals surface area contributed by atoms with Crippen LogP contribution in [0.4, 0.5) is 0 Å². The van der Waals surface area contributed by atoms with E-state index in [-0.39, 0.29) is 58.0 Å². The van der Waals surface area contributed by atoms with E-state index in [4.69, 9.17) is 16.3 Å². The second-order valence-corrected chi connectivity index (χ2v) is 8.65. The van der Waals surface area contributed by atoms with Crippen LogP contribution >= 0.6 is 11.6 Å². The van der Waals surface area contributed by atoms with Gasteiger partial charge in [0, 0.05) is 62.0 Å². The Hall–Kier alpha value is -2.26. The van der Waals surface area contributed by atoms with Crippen molar-refractivity contribution in [1.82, 2.24) is 10.3 Å². The molecule has 175 valence electrons. The molecule has 0 saturated carbocycles. The average Bonchev–Trinajstić information content (AvgIpc) is 2.79. The van der Waals surface area contributed by atoms with Gasteiger partial charge in [-0.1, -0.05) is 41.9 Å². The molecule has 0 spiro atoms. The predicted octanol–water partition coefficient (Wildman–Crippen LogP) is 5.74. The summed E-state index contributed by atoms with van der Waals surface area (Å²) in [6.45, 7) is 5.40. The molecular weight excluding hydrogens is 523 g/mol. The van der Waals surface area contributed by atoms with Crippen molar-refractivity contribution in [2.45, 2.75) is 44.8 Å². The summed E-state index contributed by atoms with van der Waals surface area (Å²) < 4.78 is 5.84. The Morgan fingerprint density at radius 1 is 1.15 bits per heavy atom. The summed E-state index contributed by atoms with van der Waals surface area (Å²) in [6, 6.07) is 22.5. The van der Waals surface area contributed by atoms with Gasteiger partial charge in [-0.25, -0.2) is 4.98 Å². The Balaban J connectivity index is 0.00000289. The van der Waals surface area contributed by atoms with Gasteiger partial charge in [-0.05, 0) is 68.7 Å². The van der Waals surface area contributed by atoms with Crippen molar-refractivity contribution < 1.29 is 42.2 Å². The third-order valence-corrected chi connectivity index (χ3v) is 5.57. The Kier molecular flexibility index (Phi) is 11.9. The molecule has 2 aromatic carbocycles.